The summed E-state index contributed by atoms with van der Waals surface area (Å²) in [6.07, 6.45) is 5.05. The highest BCUT2D eigenvalue weighted by Gasteiger charge is 2.23. The fraction of sp³-hybridized carbons (Fsp3) is 1.00. The number of rotatable bonds is 10. The topological polar surface area (TPSA) is 49.5 Å². The average molecular weight is 244 g/mol. The minimum absolute atomic E-state index is 0.277. The maximum absolute atomic E-state index is 9.98. The lowest BCUT2D eigenvalue weighted by Crippen LogP contribution is -2.46. The molecular formula is C14H32N2O. The number of nitrogens with two attached hydrogens (primary N) is 1. The fourth-order valence-corrected chi connectivity index (χ4v) is 2.64. The van der Waals surface area contributed by atoms with Crippen LogP contribution in [0.4, 0.5) is 0 Å². The molecule has 0 aliphatic carbocycles. The highest BCUT2D eigenvalue weighted by Crippen LogP contribution is 2.18. The smallest absolute Gasteiger partial charge is 0.0679 e. The molecule has 0 aromatic carbocycles. The lowest BCUT2D eigenvalue weighted by Gasteiger charge is -2.38. The second-order valence-corrected chi connectivity index (χ2v) is 4.87. The van der Waals surface area contributed by atoms with Gasteiger partial charge in [0, 0.05) is 18.6 Å². The molecule has 1 atom stereocenters. The van der Waals surface area contributed by atoms with Crippen LogP contribution in [0, 0.1) is 0 Å². The van der Waals surface area contributed by atoms with Crippen molar-refractivity contribution in [3.63, 3.8) is 0 Å². The Morgan fingerprint density at radius 2 is 1.35 bits per heavy atom. The molecule has 3 nitrogen and oxygen atoms in total. The molecule has 0 spiro atoms. The number of aliphatic hydroxyl groups is 1. The van der Waals surface area contributed by atoms with Gasteiger partial charge in [-0.15, -0.1) is 0 Å². The van der Waals surface area contributed by atoms with Gasteiger partial charge >= 0.3 is 0 Å². The van der Waals surface area contributed by atoms with E-state index < -0.39 is 0 Å². The summed E-state index contributed by atoms with van der Waals surface area (Å²) in [5.74, 6) is 0. The van der Waals surface area contributed by atoms with Crippen molar-refractivity contribution < 1.29 is 5.11 Å². The second kappa shape index (κ2) is 9.86. The highest BCUT2D eigenvalue weighted by molar-refractivity contribution is 4.79. The summed E-state index contributed by atoms with van der Waals surface area (Å²) in [6, 6.07) is 1.18. The molecule has 17 heavy (non-hydrogen) atoms. The number of nitrogens with zero attached hydrogens (tertiary/aromatic N) is 1. The van der Waals surface area contributed by atoms with Crippen LogP contribution in [0.1, 0.15) is 59.8 Å². The molecule has 0 fully saturated rings. The third kappa shape index (κ3) is 5.84. The van der Waals surface area contributed by atoms with Crippen LogP contribution in [0.15, 0.2) is 0 Å². The molecule has 0 bridgehead atoms. The summed E-state index contributed by atoms with van der Waals surface area (Å²) in [7, 11) is 0. The maximum Gasteiger partial charge on any atom is 0.0679 e. The molecule has 0 radical (unpaired) electrons. The van der Waals surface area contributed by atoms with E-state index in [9.17, 15) is 5.11 Å². The Balaban J connectivity index is 4.58. The Labute approximate surface area is 107 Å². The van der Waals surface area contributed by atoms with Crippen LogP contribution in [0.2, 0.25) is 0 Å². The SMILES string of the molecule is CCC(CC)N(CC(O)CCN)C(CC)CC. The lowest BCUT2D eigenvalue weighted by molar-refractivity contribution is 0.0465. The molecule has 0 heterocycles. The molecule has 0 saturated heterocycles. The van der Waals surface area contributed by atoms with E-state index in [1.807, 2.05) is 0 Å². The Morgan fingerprint density at radius 3 is 1.65 bits per heavy atom. The first kappa shape index (κ1) is 16.9. The van der Waals surface area contributed by atoms with Crippen molar-refractivity contribution in [1.82, 2.24) is 4.90 Å². The summed E-state index contributed by atoms with van der Waals surface area (Å²) in [4.78, 5) is 2.50. The van der Waals surface area contributed by atoms with Crippen molar-refractivity contribution in [2.24, 2.45) is 5.73 Å². The van der Waals surface area contributed by atoms with Crippen LogP contribution in [0.25, 0.3) is 0 Å². The van der Waals surface area contributed by atoms with E-state index in [0.29, 0.717) is 25.0 Å². The molecule has 0 rings (SSSR count). The molecule has 0 aromatic heterocycles. The largest absolute Gasteiger partial charge is 0.392 e. The zero-order valence-corrected chi connectivity index (χ0v) is 12.2. The van der Waals surface area contributed by atoms with Crippen molar-refractivity contribution in [1.29, 1.82) is 0 Å². The van der Waals surface area contributed by atoms with Crippen LogP contribution in [-0.4, -0.2) is 41.3 Å². The lowest BCUT2D eigenvalue weighted by atomic mass is 10.0. The van der Waals surface area contributed by atoms with E-state index in [1.165, 1.54) is 0 Å². The van der Waals surface area contributed by atoms with Gasteiger partial charge in [-0.3, -0.25) is 4.90 Å². The number of aliphatic hydroxyl groups excluding tert-OH is 1. The molecule has 0 aromatic rings. The molecule has 1 unspecified atom stereocenters. The van der Waals surface area contributed by atoms with Gasteiger partial charge in [0.25, 0.3) is 0 Å². The Bertz CT molecular complexity index is 156. The zero-order valence-electron chi connectivity index (χ0n) is 12.2. The van der Waals surface area contributed by atoms with Gasteiger partial charge in [-0.25, -0.2) is 0 Å². The van der Waals surface area contributed by atoms with Crippen molar-refractivity contribution in [2.75, 3.05) is 13.1 Å². The molecule has 3 heteroatoms. The molecule has 0 saturated carbocycles. The van der Waals surface area contributed by atoms with Crippen LogP contribution < -0.4 is 5.73 Å². The van der Waals surface area contributed by atoms with E-state index >= 15 is 0 Å². The molecule has 3 N–H and O–H groups in total. The van der Waals surface area contributed by atoms with Crippen LogP contribution in [0.5, 0.6) is 0 Å². The molecular weight excluding hydrogens is 212 g/mol. The fourth-order valence-electron chi connectivity index (χ4n) is 2.64. The first-order valence-electron chi connectivity index (χ1n) is 7.28. The monoisotopic (exact) mass is 244 g/mol. The van der Waals surface area contributed by atoms with Gasteiger partial charge in [-0.2, -0.15) is 0 Å². The minimum Gasteiger partial charge on any atom is -0.392 e. The van der Waals surface area contributed by atoms with Crippen molar-refractivity contribution in [2.45, 2.75) is 78.0 Å². The third-order valence-corrected chi connectivity index (χ3v) is 3.74. The number of hydrogen-bond acceptors (Lipinski definition) is 3. The van der Waals surface area contributed by atoms with E-state index in [0.717, 1.165) is 32.2 Å². The zero-order chi connectivity index (χ0) is 13.3. The quantitative estimate of drug-likeness (QED) is 0.620. The van der Waals surface area contributed by atoms with Gasteiger partial charge in [0.15, 0.2) is 0 Å². The molecule has 0 amide bonds. The summed E-state index contributed by atoms with van der Waals surface area (Å²) >= 11 is 0. The normalized spacial score (nSPS) is 13.9. The van der Waals surface area contributed by atoms with Crippen LogP contribution >= 0.6 is 0 Å². The number of hydrogen-bond donors (Lipinski definition) is 2. The summed E-state index contributed by atoms with van der Waals surface area (Å²) in [5.41, 5.74) is 5.51. The van der Waals surface area contributed by atoms with Gasteiger partial charge in [0.05, 0.1) is 6.10 Å². The minimum atomic E-state index is -0.277. The van der Waals surface area contributed by atoms with E-state index in [1.54, 1.807) is 0 Å². The summed E-state index contributed by atoms with van der Waals surface area (Å²) in [6.45, 7) is 10.3. The van der Waals surface area contributed by atoms with Gasteiger partial charge in [-0.05, 0) is 38.6 Å². The van der Waals surface area contributed by atoms with Crippen LogP contribution in [0.3, 0.4) is 0 Å². The first-order valence-corrected chi connectivity index (χ1v) is 7.28. The van der Waals surface area contributed by atoms with Gasteiger partial charge in [-0.1, -0.05) is 27.7 Å². The summed E-state index contributed by atoms with van der Waals surface area (Å²) in [5, 5.41) is 9.98. The van der Waals surface area contributed by atoms with Gasteiger partial charge in [0.2, 0.25) is 0 Å². The first-order chi connectivity index (χ1) is 8.14. The summed E-state index contributed by atoms with van der Waals surface area (Å²) < 4.78 is 0. The predicted molar refractivity (Wildman–Crippen MR) is 75.1 cm³/mol. The van der Waals surface area contributed by atoms with Crippen LogP contribution in [-0.2, 0) is 0 Å². The molecule has 104 valence electrons. The molecule has 0 aliphatic rings. The third-order valence-electron chi connectivity index (χ3n) is 3.74. The Kier molecular flexibility index (Phi) is 9.79. The van der Waals surface area contributed by atoms with Crippen molar-refractivity contribution in [3.8, 4) is 0 Å². The van der Waals surface area contributed by atoms with Gasteiger partial charge in [0.1, 0.15) is 0 Å². The van der Waals surface area contributed by atoms with Crippen molar-refractivity contribution >= 4 is 0 Å². The van der Waals surface area contributed by atoms with E-state index in [4.69, 9.17) is 5.73 Å². The average Bonchev–Trinajstić information content (AvgIpc) is 2.32. The van der Waals surface area contributed by atoms with Gasteiger partial charge < -0.3 is 10.8 Å². The second-order valence-electron chi connectivity index (χ2n) is 4.87. The molecule has 0 aliphatic heterocycles. The maximum atomic E-state index is 9.98. The predicted octanol–water partition coefficient (Wildman–Crippen LogP) is 2.38. The Morgan fingerprint density at radius 1 is 0.941 bits per heavy atom. The van der Waals surface area contributed by atoms with Crippen molar-refractivity contribution in [3.05, 3.63) is 0 Å². The van der Waals surface area contributed by atoms with E-state index in [-0.39, 0.29) is 6.10 Å². The standard InChI is InChI=1S/C14H32N2O/c1-5-12(6-2)16(13(7-3)8-4)11-14(17)9-10-15/h12-14,17H,5-11,15H2,1-4H3. The highest BCUT2D eigenvalue weighted by atomic mass is 16.3. The Hall–Kier alpha value is -0.120. The van der Waals surface area contributed by atoms with E-state index in [2.05, 4.69) is 32.6 Å².